The number of nitrogens with two attached hydrogens (primary N) is 6. The molecule has 1 saturated carbocycles. The van der Waals surface area contributed by atoms with Crippen molar-refractivity contribution in [1.29, 1.82) is 0 Å². The number of carbonyl (C=O) groups excluding carboxylic acids is 1. The van der Waals surface area contributed by atoms with Gasteiger partial charge in [0.1, 0.15) is 54.9 Å². The molecule has 0 radical (unpaired) electrons. The van der Waals surface area contributed by atoms with Gasteiger partial charge in [-0.3, -0.25) is 5.21 Å². The van der Waals surface area contributed by atoms with Gasteiger partial charge in [0.2, 0.25) is 0 Å². The number of hydrogen-bond donors (Lipinski definition) is 14. The van der Waals surface area contributed by atoms with E-state index in [0.717, 1.165) is 6.42 Å². The van der Waals surface area contributed by atoms with E-state index in [0.29, 0.717) is 37.5 Å². The molecule has 1 aliphatic carbocycles. The first-order chi connectivity index (χ1) is 24.3. The Morgan fingerprint density at radius 2 is 1.47 bits per heavy atom. The number of nitrogens with one attached hydrogen (secondary N) is 2. The average Bonchev–Trinajstić information content (AvgIpc) is 3.41. The summed E-state index contributed by atoms with van der Waals surface area (Å²) in [6, 6.07) is -4.78. The summed E-state index contributed by atoms with van der Waals surface area (Å²) in [5, 5.41) is 70.0. The Hall–Kier alpha value is -1.49. The van der Waals surface area contributed by atoms with Crippen LogP contribution < -0.4 is 45.0 Å². The number of hydroxylamine groups is 2. The molecule has 0 aromatic carbocycles. The Balaban J connectivity index is 1.53. The number of aliphatic hydroxyl groups is 5. The fourth-order valence-corrected chi connectivity index (χ4v) is 6.68. The van der Waals surface area contributed by atoms with Crippen molar-refractivity contribution in [1.82, 2.24) is 15.7 Å². The molecule has 3 saturated heterocycles. The van der Waals surface area contributed by atoms with Gasteiger partial charge < -0.3 is 99.0 Å². The maximum absolute atomic E-state index is 12.7. The number of amides is 2. The molecule has 17 atom stereocenters. The molecule has 51 heavy (non-hydrogen) atoms. The van der Waals surface area contributed by atoms with Crippen molar-refractivity contribution >= 4 is 6.03 Å². The van der Waals surface area contributed by atoms with Crippen LogP contribution in [0.1, 0.15) is 25.7 Å². The van der Waals surface area contributed by atoms with Crippen LogP contribution in [0.2, 0.25) is 0 Å². The number of ether oxygens (including phenoxy) is 6. The topological polar surface area (TPSA) is 377 Å². The van der Waals surface area contributed by atoms with E-state index in [1.807, 2.05) is 0 Å². The monoisotopic (exact) mass is 741 g/mol. The average molecular weight is 742 g/mol. The van der Waals surface area contributed by atoms with Gasteiger partial charge in [-0.25, -0.2) is 9.86 Å². The van der Waals surface area contributed by atoms with Crippen molar-refractivity contribution < 1.29 is 64.0 Å². The van der Waals surface area contributed by atoms with Gasteiger partial charge in [0.05, 0.1) is 37.4 Å². The minimum atomic E-state index is -1.65. The zero-order valence-electron chi connectivity index (χ0n) is 28.5. The van der Waals surface area contributed by atoms with Gasteiger partial charge in [0, 0.05) is 25.7 Å². The Kier molecular flexibility index (Phi) is 16.3. The predicted octanol–water partition coefficient (Wildman–Crippen LogP) is -7.46. The summed E-state index contributed by atoms with van der Waals surface area (Å²) in [4.78, 5) is 12.7. The highest BCUT2D eigenvalue weighted by Gasteiger charge is 2.54. The van der Waals surface area contributed by atoms with Crippen LogP contribution >= 0.6 is 0 Å². The molecule has 4 fully saturated rings. The fourth-order valence-electron chi connectivity index (χ4n) is 6.68. The summed E-state index contributed by atoms with van der Waals surface area (Å²) < 4.78 is 36.0. The summed E-state index contributed by atoms with van der Waals surface area (Å²) in [6.45, 7) is 0.696. The molecular formula is C29H59N9O13. The summed E-state index contributed by atoms with van der Waals surface area (Å²) in [7, 11) is 0. The van der Waals surface area contributed by atoms with Gasteiger partial charge in [0.15, 0.2) is 18.9 Å². The van der Waals surface area contributed by atoms with Crippen LogP contribution in [-0.4, -0.2) is 192 Å². The minimum absolute atomic E-state index is 0.0289. The Morgan fingerprint density at radius 1 is 0.784 bits per heavy atom. The number of carbonyl (C=O) groups is 1. The van der Waals surface area contributed by atoms with Gasteiger partial charge in [-0.2, -0.15) is 0 Å². The first-order valence-electron chi connectivity index (χ1n) is 17.4. The molecule has 4 aliphatic rings. The lowest BCUT2D eigenvalue weighted by Crippen LogP contribution is -2.67. The normalized spacial score (nSPS) is 43.3. The van der Waals surface area contributed by atoms with Crippen molar-refractivity contribution in [3.05, 3.63) is 0 Å². The summed E-state index contributed by atoms with van der Waals surface area (Å²) in [5.41, 5.74) is 35.7. The van der Waals surface area contributed by atoms with Crippen LogP contribution in [0.3, 0.4) is 0 Å². The predicted molar refractivity (Wildman–Crippen MR) is 175 cm³/mol. The van der Waals surface area contributed by atoms with Crippen LogP contribution in [0.25, 0.3) is 0 Å². The van der Waals surface area contributed by atoms with Gasteiger partial charge in [-0.1, -0.05) is 0 Å². The summed E-state index contributed by atoms with van der Waals surface area (Å²) in [6.07, 6.45) is -14.4. The molecule has 3 heterocycles. The Bertz CT molecular complexity index is 1060. The molecule has 0 spiro atoms. The van der Waals surface area contributed by atoms with E-state index in [1.165, 1.54) is 0 Å². The van der Waals surface area contributed by atoms with E-state index >= 15 is 0 Å². The molecule has 0 aromatic rings. The third-order valence-corrected chi connectivity index (χ3v) is 9.66. The van der Waals surface area contributed by atoms with Crippen LogP contribution in [0, 0.1) is 0 Å². The fraction of sp³-hybridized carbons (Fsp3) is 0.966. The highest BCUT2D eigenvalue weighted by molar-refractivity contribution is 5.73. The highest BCUT2D eigenvalue weighted by Crippen LogP contribution is 2.34. The molecule has 0 bridgehead atoms. The molecule has 3 aliphatic heterocycles. The number of nitrogens with zero attached hydrogens (tertiary/aromatic N) is 1. The van der Waals surface area contributed by atoms with E-state index < -0.39 is 111 Å². The lowest BCUT2D eigenvalue weighted by atomic mass is 9.83. The molecule has 0 aromatic heterocycles. The molecule has 22 nitrogen and oxygen atoms in total. The van der Waals surface area contributed by atoms with E-state index in [2.05, 4.69) is 10.6 Å². The zero-order chi connectivity index (χ0) is 37.4. The largest absolute Gasteiger partial charge is 0.394 e. The van der Waals surface area contributed by atoms with E-state index in [4.69, 9.17) is 62.8 Å². The summed E-state index contributed by atoms with van der Waals surface area (Å²) >= 11 is 0. The first-order valence-corrected chi connectivity index (χ1v) is 17.4. The number of urea groups is 1. The molecule has 0 unspecified atom stereocenters. The van der Waals surface area contributed by atoms with Crippen LogP contribution in [0.5, 0.6) is 0 Å². The second kappa shape index (κ2) is 19.7. The van der Waals surface area contributed by atoms with E-state index in [1.54, 1.807) is 0 Å². The number of hydrogen-bond acceptors (Lipinski definition) is 20. The second-order valence-electron chi connectivity index (χ2n) is 13.4. The quantitative estimate of drug-likeness (QED) is 0.0397. The number of aliphatic hydroxyl groups excluding tert-OH is 5. The molecular weight excluding hydrogens is 682 g/mol. The van der Waals surface area contributed by atoms with Crippen molar-refractivity contribution in [3.8, 4) is 0 Å². The van der Waals surface area contributed by atoms with Crippen molar-refractivity contribution in [3.63, 3.8) is 0 Å². The molecule has 4 rings (SSSR count). The van der Waals surface area contributed by atoms with Gasteiger partial charge in [0.25, 0.3) is 0 Å². The van der Waals surface area contributed by atoms with Crippen LogP contribution in [0.15, 0.2) is 0 Å². The van der Waals surface area contributed by atoms with Crippen molar-refractivity contribution in [2.24, 2.45) is 34.4 Å². The third-order valence-electron chi connectivity index (χ3n) is 9.66. The first kappa shape index (κ1) is 42.3. The van der Waals surface area contributed by atoms with Gasteiger partial charge >= 0.3 is 6.03 Å². The number of rotatable bonds is 16. The van der Waals surface area contributed by atoms with Gasteiger partial charge in [-0.05, 0) is 38.8 Å². The summed E-state index contributed by atoms with van der Waals surface area (Å²) in [5.74, 6) is 0. The smallest absolute Gasteiger partial charge is 0.341 e. The molecule has 20 N–H and O–H groups in total. The standard InChI is InChI=1S/C29H59N9O13/c30-4-1-6-36-10-12-2-3-13(33)26(46-12)49-23-14(34)8-15(37-29(44)38(45)7-5-31)19(40)25(23)51-28-22(43)24(17(11-39)48-28)50-27-18(35)21(42)20(41)16(9-32)47-27/h12-28,36,39-43,45H,1-11,30-35H2,(H,37,44)/t12-,13+,14-,15+,16-,17+,18+,19-,20+,21+,22+,23+,24+,25+,26+,27+,28-/m0/s1. The Labute approximate surface area is 295 Å². The van der Waals surface area contributed by atoms with E-state index in [9.17, 15) is 35.5 Å². The lowest BCUT2D eigenvalue weighted by molar-refractivity contribution is -0.289. The SMILES string of the molecule is NCCCNC[C@@H]1CC[C@@H](N)[C@@H](O[C@H]2[C@H](O[C@@H]3O[C@H](CO)[C@@H](O[C@H]4O[C@@H](CN)[C@@H](O)[C@H](O)[C@H]4N)[C@H]3O)[C@@H](O)[C@H](NC(=O)N(O)CCN)C[C@@H]2N)O1. The minimum Gasteiger partial charge on any atom is -0.394 e. The van der Waals surface area contributed by atoms with Crippen molar-refractivity contribution in [2.75, 3.05) is 45.9 Å². The Morgan fingerprint density at radius 3 is 2.14 bits per heavy atom. The highest BCUT2D eigenvalue weighted by atomic mass is 16.8. The zero-order valence-corrected chi connectivity index (χ0v) is 28.5. The third kappa shape index (κ3) is 10.4. The van der Waals surface area contributed by atoms with Crippen molar-refractivity contribution in [2.45, 2.75) is 130 Å². The maximum Gasteiger partial charge on any atom is 0.341 e. The molecule has 298 valence electrons. The van der Waals surface area contributed by atoms with E-state index in [-0.39, 0.29) is 32.2 Å². The second-order valence-corrected chi connectivity index (χ2v) is 13.4. The van der Waals surface area contributed by atoms with Gasteiger partial charge in [-0.15, -0.1) is 0 Å². The van der Waals surface area contributed by atoms with Crippen LogP contribution in [0.4, 0.5) is 4.79 Å². The maximum atomic E-state index is 12.7. The molecule has 2 amide bonds. The van der Waals surface area contributed by atoms with Crippen LogP contribution in [-0.2, 0) is 28.4 Å². The lowest BCUT2D eigenvalue weighted by Gasteiger charge is -2.46. The molecule has 22 heteroatoms.